The second-order valence-electron chi connectivity index (χ2n) is 8.55. The molecule has 0 fully saturated rings. The zero-order chi connectivity index (χ0) is 23.8. The summed E-state index contributed by atoms with van der Waals surface area (Å²) in [5, 5.41) is 1.44. The van der Waals surface area contributed by atoms with Gasteiger partial charge in [-0.25, -0.2) is 8.42 Å². The van der Waals surface area contributed by atoms with Gasteiger partial charge < -0.3 is 9.35 Å². The second-order valence-corrected chi connectivity index (χ2v) is 9.87. The topological polar surface area (TPSA) is 74.3 Å². The molecule has 0 spiro atoms. The molecule has 33 heavy (non-hydrogen) atoms. The summed E-state index contributed by atoms with van der Waals surface area (Å²) < 4.78 is 36.9. The molecule has 0 saturated carbocycles. The average molecular weight is 485 g/mol. The Morgan fingerprint density at radius 1 is 0.758 bits per heavy atom. The summed E-state index contributed by atoms with van der Waals surface area (Å²) in [5.74, 6) is 0. The largest absolute Gasteiger partial charge is 1.00 e. The summed E-state index contributed by atoms with van der Waals surface area (Å²) in [6, 6.07) is 9.55. The number of aryl methyl sites for hydroxylation is 1. The maximum absolute atomic E-state index is 12.3. The van der Waals surface area contributed by atoms with Gasteiger partial charge >= 0.3 is 29.6 Å². The van der Waals surface area contributed by atoms with Crippen LogP contribution in [0, 0.1) is 0 Å². The maximum atomic E-state index is 12.3. The molecular weight excluding hydrogens is 443 g/mol. The number of hydrogen-bond acceptors (Lipinski definition) is 4. The fourth-order valence-electron chi connectivity index (χ4n) is 4.37. The molecular formula is C27H41NaO4S. The predicted octanol–water partition coefficient (Wildman–Crippen LogP) is 4.37. The molecule has 0 aliphatic heterocycles. The smallest absolute Gasteiger partial charge is 0.744 e. The molecule has 0 amide bonds. The van der Waals surface area contributed by atoms with E-state index in [9.17, 15) is 13.0 Å². The zero-order valence-electron chi connectivity index (χ0n) is 21.0. The van der Waals surface area contributed by atoms with Crippen LogP contribution in [0.1, 0.15) is 102 Å². The molecule has 0 atom stereocenters. The molecule has 4 nitrogen and oxygen atoms in total. The third-order valence-electron chi connectivity index (χ3n) is 6.03. The van der Waals surface area contributed by atoms with Crippen molar-refractivity contribution in [3.05, 3.63) is 41.5 Å². The molecule has 2 aromatic carbocycles. The number of unbranched alkanes of at least 4 members (excludes halogenated alkanes) is 10. The van der Waals surface area contributed by atoms with Crippen LogP contribution in [0.5, 0.6) is 0 Å². The van der Waals surface area contributed by atoms with Crippen molar-refractivity contribution in [1.82, 2.24) is 0 Å². The molecule has 0 aliphatic carbocycles. The summed E-state index contributed by atoms with van der Waals surface area (Å²) in [6.07, 6.45) is 15.6. The average Bonchev–Trinajstić information content (AvgIpc) is 2.78. The van der Waals surface area contributed by atoms with Gasteiger partial charge in [0.2, 0.25) is 0 Å². The summed E-state index contributed by atoms with van der Waals surface area (Å²) >= 11 is 0. The minimum Gasteiger partial charge on any atom is -0.744 e. The molecule has 0 aliphatic rings. The summed E-state index contributed by atoms with van der Waals surface area (Å²) in [7, 11) is -4.53. The van der Waals surface area contributed by atoms with Gasteiger partial charge in [0.25, 0.3) is 0 Å². The molecule has 0 radical (unpaired) electrons. The molecule has 0 heterocycles. The summed E-state index contributed by atoms with van der Waals surface area (Å²) in [6.45, 7) is 6.42. The van der Waals surface area contributed by atoms with Crippen molar-refractivity contribution in [3.8, 4) is 0 Å². The maximum Gasteiger partial charge on any atom is 1.00 e. The normalized spacial score (nSPS) is 11.0. The van der Waals surface area contributed by atoms with Crippen molar-refractivity contribution >= 4 is 27.7 Å². The van der Waals surface area contributed by atoms with E-state index in [0.717, 1.165) is 48.6 Å². The Hall–Kier alpha value is -0.720. The van der Waals surface area contributed by atoms with E-state index < -0.39 is 10.1 Å². The first-order chi connectivity index (χ1) is 15.5. The molecule has 0 unspecified atom stereocenters. The van der Waals surface area contributed by atoms with Gasteiger partial charge in [-0.3, -0.25) is 0 Å². The third kappa shape index (κ3) is 11.5. The van der Waals surface area contributed by atoms with Crippen LogP contribution in [0.3, 0.4) is 0 Å². The fraction of sp³-hybridized carbons (Fsp3) is 0.593. The van der Waals surface area contributed by atoms with Crippen LogP contribution in [0.15, 0.2) is 35.2 Å². The first-order valence-corrected chi connectivity index (χ1v) is 13.7. The Bertz CT molecular complexity index is 896. The zero-order valence-corrected chi connectivity index (χ0v) is 23.9. The van der Waals surface area contributed by atoms with E-state index in [-0.39, 0.29) is 34.5 Å². The molecule has 0 N–H and O–H groups in total. The van der Waals surface area contributed by atoms with Crippen LogP contribution >= 0.6 is 0 Å². The summed E-state index contributed by atoms with van der Waals surface area (Å²) in [4.78, 5) is 8.04. The molecule has 6 heteroatoms. The van der Waals surface area contributed by atoms with Gasteiger partial charge in [0.1, 0.15) is 16.9 Å². The molecule has 0 aromatic heterocycles. The second kappa shape index (κ2) is 18.6. The molecule has 180 valence electrons. The van der Waals surface area contributed by atoms with Crippen LogP contribution in [-0.2, 0) is 27.8 Å². The van der Waals surface area contributed by atoms with Crippen LogP contribution in [-0.4, -0.2) is 19.8 Å². The molecule has 2 rings (SSSR count). The Morgan fingerprint density at radius 2 is 1.24 bits per heavy atom. The number of carbonyl (C=O) groups is 1. The number of hydrogen-bond donors (Lipinski definition) is 0. The van der Waals surface area contributed by atoms with Crippen LogP contribution in [0.25, 0.3) is 10.8 Å². The van der Waals surface area contributed by atoms with E-state index in [1.165, 1.54) is 51.4 Å². The number of fused-ring (bicyclic) bond motifs is 1. The van der Waals surface area contributed by atoms with Gasteiger partial charge in [0.05, 0.1) is 4.90 Å². The van der Waals surface area contributed by atoms with E-state index in [2.05, 4.69) is 19.9 Å². The van der Waals surface area contributed by atoms with Gasteiger partial charge in [-0.05, 0) is 47.6 Å². The standard InChI is InChI=1S/C26H40O3S.CH2O.Na/c1-3-5-7-9-11-13-17-22-21-23-18-15-16-20-25(23)26(30(27,28)29)24(22)19-14-12-10-8-6-4-2;1-2;/h15-16,18,20-21H,3-14,17,19H2,1-2H3,(H,27,28,29);1H2;/q;;+1/p-1. The third-order valence-corrected chi connectivity index (χ3v) is 6.99. The van der Waals surface area contributed by atoms with Crippen LogP contribution in [0.4, 0.5) is 0 Å². The van der Waals surface area contributed by atoms with E-state index in [1.807, 2.05) is 25.0 Å². The van der Waals surface area contributed by atoms with E-state index in [4.69, 9.17) is 4.79 Å². The van der Waals surface area contributed by atoms with E-state index in [0.29, 0.717) is 11.8 Å². The Morgan fingerprint density at radius 3 is 1.79 bits per heavy atom. The number of carbonyl (C=O) groups excluding carboxylic acids is 1. The molecule has 2 aromatic rings. The molecule has 0 saturated heterocycles. The van der Waals surface area contributed by atoms with Crippen molar-refractivity contribution in [2.75, 3.05) is 0 Å². The van der Waals surface area contributed by atoms with Gasteiger partial charge in [0, 0.05) is 0 Å². The van der Waals surface area contributed by atoms with Crippen molar-refractivity contribution in [1.29, 1.82) is 0 Å². The number of benzene rings is 2. The van der Waals surface area contributed by atoms with Gasteiger partial charge in [-0.15, -0.1) is 0 Å². The van der Waals surface area contributed by atoms with Gasteiger partial charge in [0.15, 0.2) is 0 Å². The van der Waals surface area contributed by atoms with Gasteiger partial charge in [-0.2, -0.15) is 0 Å². The Labute approximate surface area is 224 Å². The first-order valence-electron chi connectivity index (χ1n) is 12.3. The monoisotopic (exact) mass is 484 g/mol. The van der Waals surface area contributed by atoms with Crippen LogP contribution in [0.2, 0.25) is 0 Å². The number of rotatable bonds is 15. The molecule has 0 bridgehead atoms. The quantitative estimate of drug-likeness (QED) is 0.214. The van der Waals surface area contributed by atoms with Crippen molar-refractivity contribution in [2.24, 2.45) is 0 Å². The Balaban J connectivity index is 0.00000332. The Kier molecular flexibility index (Phi) is 18.2. The van der Waals surface area contributed by atoms with E-state index in [1.54, 1.807) is 6.07 Å². The van der Waals surface area contributed by atoms with Crippen LogP contribution < -0.4 is 29.6 Å². The van der Waals surface area contributed by atoms with Gasteiger partial charge in [-0.1, -0.05) is 108 Å². The SMILES string of the molecule is C=O.CCCCCCCCc1cc2ccccc2c(S(=O)(=O)[O-])c1CCCCCCCC.[Na+]. The fourth-order valence-corrected chi connectivity index (χ4v) is 5.36. The van der Waals surface area contributed by atoms with Crippen molar-refractivity contribution in [2.45, 2.75) is 109 Å². The van der Waals surface area contributed by atoms with Crippen molar-refractivity contribution in [3.63, 3.8) is 0 Å². The first kappa shape index (κ1) is 32.3. The predicted molar refractivity (Wildman–Crippen MR) is 133 cm³/mol. The minimum atomic E-state index is -4.53. The minimum absolute atomic E-state index is 0. The summed E-state index contributed by atoms with van der Waals surface area (Å²) in [5.41, 5.74) is 1.85. The van der Waals surface area contributed by atoms with Crippen molar-refractivity contribution < 1.29 is 47.3 Å². The van der Waals surface area contributed by atoms with E-state index >= 15 is 0 Å².